The topological polar surface area (TPSA) is 93.1 Å². The average Bonchev–Trinajstić information content (AvgIpc) is 3.46. The summed E-state index contributed by atoms with van der Waals surface area (Å²) in [6.07, 6.45) is -3.23. The molecule has 36 heavy (non-hydrogen) atoms. The summed E-state index contributed by atoms with van der Waals surface area (Å²) in [7, 11) is 0. The number of nitrogens with zero attached hydrogens (tertiary/aromatic N) is 2. The van der Waals surface area contributed by atoms with Crippen molar-refractivity contribution in [2.75, 3.05) is 0 Å². The molecule has 0 saturated carbocycles. The third-order valence-electron chi connectivity index (χ3n) is 6.75. The summed E-state index contributed by atoms with van der Waals surface area (Å²) < 4.78 is 32.4. The van der Waals surface area contributed by atoms with Crippen molar-refractivity contribution < 1.29 is 28.5 Å². The predicted octanol–water partition coefficient (Wildman–Crippen LogP) is 3.10. The highest BCUT2D eigenvalue weighted by Crippen LogP contribution is 2.44. The van der Waals surface area contributed by atoms with Gasteiger partial charge in [0.25, 0.3) is 5.91 Å². The third kappa shape index (κ3) is 4.31. The number of nitrogens with one attached hydrogen (secondary N) is 1. The molecule has 0 unspecified atom stereocenters. The van der Waals surface area contributed by atoms with Crippen LogP contribution >= 0.6 is 0 Å². The summed E-state index contributed by atoms with van der Waals surface area (Å²) in [5, 5.41) is 3.02. The van der Waals surface area contributed by atoms with E-state index in [1.807, 2.05) is 70.2 Å². The molecule has 0 radical (unpaired) electrons. The molecule has 1 N–H and O–H groups in total. The van der Waals surface area contributed by atoms with Gasteiger partial charge in [-0.25, -0.2) is 4.98 Å². The minimum Gasteiger partial charge on any atom is -0.347 e. The average molecular weight is 494 g/mol. The summed E-state index contributed by atoms with van der Waals surface area (Å²) in [6.45, 7) is 8.16. The van der Waals surface area contributed by atoms with Crippen LogP contribution in [0, 0.1) is 0 Å². The molecule has 190 valence electrons. The Kier molecular flexibility index (Phi) is 5.66. The molecule has 3 aromatic rings. The number of imidazole rings is 1. The molecule has 0 aliphatic carbocycles. The Balaban J connectivity index is 1.23. The Bertz CT molecular complexity index is 1270. The fraction of sp³-hybridized carbons (Fsp3) is 0.481. The van der Waals surface area contributed by atoms with Crippen LogP contribution in [-0.4, -0.2) is 57.7 Å². The zero-order chi connectivity index (χ0) is 25.1. The summed E-state index contributed by atoms with van der Waals surface area (Å²) in [5.74, 6) is -1.27. The molecule has 3 fully saturated rings. The van der Waals surface area contributed by atoms with Gasteiger partial charge in [-0.1, -0.05) is 42.5 Å². The van der Waals surface area contributed by atoms with Crippen LogP contribution in [0.5, 0.6) is 0 Å². The van der Waals surface area contributed by atoms with Gasteiger partial charge >= 0.3 is 0 Å². The number of amides is 1. The molecule has 9 nitrogen and oxygen atoms in total. The van der Waals surface area contributed by atoms with Crippen LogP contribution in [0.4, 0.5) is 0 Å². The fourth-order valence-electron chi connectivity index (χ4n) is 5.29. The van der Waals surface area contributed by atoms with Gasteiger partial charge in [-0.3, -0.25) is 4.79 Å². The summed E-state index contributed by atoms with van der Waals surface area (Å²) >= 11 is 0. The Hall–Kier alpha value is -2.82. The van der Waals surface area contributed by atoms with Gasteiger partial charge in [0.1, 0.15) is 24.1 Å². The maximum atomic E-state index is 13.5. The highest BCUT2D eigenvalue weighted by Gasteiger charge is 2.62. The molecule has 3 aliphatic heterocycles. The van der Waals surface area contributed by atoms with E-state index in [-0.39, 0.29) is 12.5 Å². The predicted molar refractivity (Wildman–Crippen MR) is 130 cm³/mol. The van der Waals surface area contributed by atoms with Crippen LogP contribution in [0.25, 0.3) is 11.0 Å². The lowest BCUT2D eigenvalue weighted by molar-refractivity contribution is -0.231. The van der Waals surface area contributed by atoms with E-state index < -0.39 is 42.3 Å². The Morgan fingerprint density at radius 3 is 2.36 bits per heavy atom. The number of fused-ring (bicyclic) bond motifs is 4. The maximum absolute atomic E-state index is 13.5. The van der Waals surface area contributed by atoms with Gasteiger partial charge in [-0.2, -0.15) is 0 Å². The zero-order valence-electron chi connectivity index (χ0n) is 20.8. The van der Waals surface area contributed by atoms with Gasteiger partial charge in [0, 0.05) is 6.54 Å². The van der Waals surface area contributed by atoms with E-state index in [0.29, 0.717) is 6.54 Å². The Morgan fingerprint density at radius 2 is 1.56 bits per heavy atom. The maximum Gasteiger partial charge on any atom is 0.252 e. The SMILES string of the molecule is CC1(C)O[C@@H]2O[C@H](C(=O)NCc3nc4ccccc4n3Cc3ccccc3)[C@@H]3OC(C)(C)O[C@H]3[C@@H]2O1. The Morgan fingerprint density at radius 1 is 0.889 bits per heavy atom. The highest BCUT2D eigenvalue weighted by molar-refractivity contribution is 5.82. The van der Waals surface area contributed by atoms with E-state index in [0.717, 1.165) is 22.4 Å². The molecule has 0 spiro atoms. The minimum absolute atomic E-state index is 0.235. The van der Waals surface area contributed by atoms with Crippen molar-refractivity contribution in [1.82, 2.24) is 14.9 Å². The first kappa shape index (κ1) is 23.6. The molecule has 2 aromatic carbocycles. The van der Waals surface area contributed by atoms with E-state index >= 15 is 0 Å². The molecule has 6 rings (SSSR count). The first-order valence-electron chi connectivity index (χ1n) is 12.3. The van der Waals surface area contributed by atoms with Crippen molar-refractivity contribution in [3.63, 3.8) is 0 Å². The Labute approximate surface area is 209 Å². The van der Waals surface area contributed by atoms with Crippen molar-refractivity contribution in [2.45, 2.75) is 83.1 Å². The van der Waals surface area contributed by atoms with Crippen molar-refractivity contribution in [2.24, 2.45) is 0 Å². The number of hydrogen-bond donors (Lipinski definition) is 1. The largest absolute Gasteiger partial charge is 0.347 e. The lowest BCUT2D eigenvalue weighted by Gasteiger charge is -2.36. The number of rotatable bonds is 5. The zero-order valence-corrected chi connectivity index (χ0v) is 20.8. The number of carbonyl (C=O) groups is 1. The summed E-state index contributed by atoms with van der Waals surface area (Å²) in [4.78, 5) is 18.2. The van der Waals surface area contributed by atoms with E-state index in [2.05, 4.69) is 22.0 Å². The van der Waals surface area contributed by atoms with Crippen LogP contribution in [0.3, 0.4) is 0 Å². The van der Waals surface area contributed by atoms with E-state index in [1.165, 1.54) is 0 Å². The number of ether oxygens (including phenoxy) is 5. The van der Waals surface area contributed by atoms with Gasteiger partial charge in [0.05, 0.1) is 17.6 Å². The summed E-state index contributed by atoms with van der Waals surface area (Å²) in [6, 6.07) is 18.1. The second kappa shape index (κ2) is 8.64. The lowest BCUT2D eigenvalue weighted by Crippen LogP contribution is -2.59. The highest BCUT2D eigenvalue weighted by atomic mass is 16.9. The van der Waals surface area contributed by atoms with Crippen molar-refractivity contribution in [3.8, 4) is 0 Å². The van der Waals surface area contributed by atoms with Crippen molar-refractivity contribution in [3.05, 3.63) is 66.0 Å². The van der Waals surface area contributed by atoms with Gasteiger partial charge in [-0.05, 0) is 45.4 Å². The van der Waals surface area contributed by atoms with E-state index in [4.69, 9.17) is 28.7 Å². The number of carbonyl (C=O) groups excluding carboxylic acids is 1. The lowest BCUT2D eigenvalue weighted by atomic mass is 9.98. The minimum atomic E-state index is -0.914. The number of aromatic nitrogens is 2. The molecule has 1 aromatic heterocycles. The monoisotopic (exact) mass is 493 g/mol. The fourth-order valence-corrected chi connectivity index (χ4v) is 5.29. The smallest absolute Gasteiger partial charge is 0.252 e. The quantitative estimate of drug-likeness (QED) is 0.584. The molecule has 4 heterocycles. The van der Waals surface area contributed by atoms with Crippen molar-refractivity contribution in [1.29, 1.82) is 0 Å². The second-order valence-electron chi connectivity index (χ2n) is 10.4. The first-order valence-corrected chi connectivity index (χ1v) is 12.3. The molecule has 1 amide bonds. The molecule has 3 saturated heterocycles. The standard InChI is InChI=1S/C27H31N3O6/c1-26(2)33-20-21(34-26)23-25(36-27(3,4)35-23)32-22(20)24(31)28-14-19-29-17-12-8-9-13-18(17)30(19)15-16-10-6-5-7-11-16/h5-13,20-23,25H,14-15H2,1-4H3,(H,28,31)/t20-,21-,22+,23+,25+/m1/s1. The molecule has 5 atom stereocenters. The van der Waals surface area contributed by atoms with Crippen LogP contribution in [0.15, 0.2) is 54.6 Å². The number of para-hydroxylation sites is 2. The van der Waals surface area contributed by atoms with Crippen LogP contribution in [-0.2, 0) is 41.6 Å². The van der Waals surface area contributed by atoms with Gasteiger partial charge in [0.15, 0.2) is 24.0 Å². The molecule has 9 heteroatoms. The molecule has 0 bridgehead atoms. The number of hydrogen-bond acceptors (Lipinski definition) is 7. The number of benzene rings is 2. The van der Waals surface area contributed by atoms with Gasteiger partial charge in [0.2, 0.25) is 0 Å². The normalized spacial score (nSPS) is 30.2. The molecular weight excluding hydrogens is 462 g/mol. The van der Waals surface area contributed by atoms with Crippen LogP contribution in [0.1, 0.15) is 39.1 Å². The van der Waals surface area contributed by atoms with Crippen LogP contribution < -0.4 is 5.32 Å². The van der Waals surface area contributed by atoms with Gasteiger partial charge < -0.3 is 33.6 Å². The van der Waals surface area contributed by atoms with Crippen molar-refractivity contribution >= 4 is 16.9 Å². The molecule has 3 aliphatic rings. The van der Waals surface area contributed by atoms with Gasteiger partial charge in [-0.15, -0.1) is 0 Å². The molecular formula is C27H31N3O6. The first-order chi connectivity index (χ1) is 17.2. The van der Waals surface area contributed by atoms with Crippen LogP contribution in [0.2, 0.25) is 0 Å². The summed E-state index contributed by atoms with van der Waals surface area (Å²) in [5.41, 5.74) is 3.04. The van der Waals surface area contributed by atoms with E-state index in [9.17, 15) is 4.79 Å². The third-order valence-corrected chi connectivity index (χ3v) is 6.75. The van der Waals surface area contributed by atoms with E-state index in [1.54, 1.807) is 0 Å². The second-order valence-corrected chi connectivity index (χ2v) is 10.4.